The summed E-state index contributed by atoms with van der Waals surface area (Å²) in [5, 5.41) is 0. The number of piperidine rings is 1. The molecule has 17 heavy (non-hydrogen) atoms. The maximum absolute atomic E-state index is 5.88. The maximum Gasteiger partial charge on any atom is 0.0368 e. The molecule has 0 bridgehead atoms. The van der Waals surface area contributed by atoms with Crippen LogP contribution in [0.25, 0.3) is 0 Å². The van der Waals surface area contributed by atoms with Gasteiger partial charge in [0, 0.05) is 24.3 Å². The zero-order valence-corrected chi connectivity index (χ0v) is 11.2. The third kappa shape index (κ3) is 2.81. The van der Waals surface area contributed by atoms with Gasteiger partial charge in [-0.25, -0.2) is 0 Å². The van der Waals surface area contributed by atoms with Crippen molar-refractivity contribution >= 4 is 5.69 Å². The second-order valence-corrected chi connectivity index (χ2v) is 5.56. The molecule has 2 N–H and O–H groups in total. The molecule has 1 saturated heterocycles. The van der Waals surface area contributed by atoms with Gasteiger partial charge in [-0.05, 0) is 50.3 Å². The summed E-state index contributed by atoms with van der Waals surface area (Å²) in [6.07, 6.45) is 2.66. The van der Waals surface area contributed by atoms with Crippen LogP contribution in [0.3, 0.4) is 0 Å². The Morgan fingerprint density at radius 1 is 1.18 bits per heavy atom. The summed E-state index contributed by atoms with van der Waals surface area (Å²) in [4.78, 5) is 2.53. The van der Waals surface area contributed by atoms with Crippen LogP contribution in [0, 0.1) is 5.92 Å². The fourth-order valence-electron chi connectivity index (χ4n) is 2.62. The molecule has 0 amide bonds. The molecule has 0 aromatic heterocycles. The van der Waals surface area contributed by atoms with Crippen LogP contribution in [0.15, 0.2) is 24.3 Å². The van der Waals surface area contributed by atoms with Crippen LogP contribution in [-0.4, -0.2) is 12.6 Å². The quantitative estimate of drug-likeness (QED) is 0.847. The highest BCUT2D eigenvalue weighted by atomic mass is 15.2. The molecule has 3 unspecified atom stereocenters. The lowest BCUT2D eigenvalue weighted by Crippen LogP contribution is -2.41. The van der Waals surface area contributed by atoms with Gasteiger partial charge in [-0.1, -0.05) is 19.1 Å². The Hall–Kier alpha value is -1.02. The van der Waals surface area contributed by atoms with Gasteiger partial charge in [-0.3, -0.25) is 0 Å². The third-order valence-electron chi connectivity index (χ3n) is 3.87. The van der Waals surface area contributed by atoms with Gasteiger partial charge in [0.05, 0.1) is 0 Å². The molecule has 1 aromatic rings. The highest BCUT2D eigenvalue weighted by Crippen LogP contribution is 2.28. The van der Waals surface area contributed by atoms with Crippen LogP contribution >= 0.6 is 0 Å². The first-order valence-corrected chi connectivity index (χ1v) is 6.70. The monoisotopic (exact) mass is 232 g/mol. The summed E-state index contributed by atoms with van der Waals surface area (Å²) in [6.45, 7) is 7.87. The van der Waals surface area contributed by atoms with E-state index in [1.54, 1.807) is 0 Å². The number of hydrogen-bond donors (Lipinski definition) is 1. The van der Waals surface area contributed by atoms with Crippen molar-refractivity contribution in [1.29, 1.82) is 0 Å². The van der Waals surface area contributed by atoms with Gasteiger partial charge < -0.3 is 10.6 Å². The summed E-state index contributed by atoms with van der Waals surface area (Å²) in [5.41, 5.74) is 8.43. The second-order valence-electron chi connectivity index (χ2n) is 5.56. The molecule has 1 heterocycles. The minimum Gasteiger partial charge on any atom is -0.369 e. The number of hydrogen-bond acceptors (Lipinski definition) is 2. The van der Waals surface area contributed by atoms with E-state index in [0.717, 1.165) is 5.92 Å². The minimum atomic E-state index is 0.127. The number of rotatable bonds is 2. The Bertz CT molecular complexity index is 356. The van der Waals surface area contributed by atoms with Crippen molar-refractivity contribution in [3.63, 3.8) is 0 Å². The Morgan fingerprint density at radius 2 is 1.82 bits per heavy atom. The average Bonchev–Trinajstić information content (AvgIpc) is 2.32. The molecule has 0 saturated carbocycles. The van der Waals surface area contributed by atoms with Crippen molar-refractivity contribution < 1.29 is 0 Å². The van der Waals surface area contributed by atoms with Crippen LogP contribution < -0.4 is 10.6 Å². The lowest BCUT2D eigenvalue weighted by molar-refractivity contribution is 0.390. The molecular formula is C15H24N2. The number of nitrogens with two attached hydrogens (primary N) is 1. The van der Waals surface area contributed by atoms with Crippen LogP contribution in [-0.2, 0) is 0 Å². The molecule has 2 rings (SSSR count). The maximum atomic E-state index is 5.88. The Morgan fingerprint density at radius 3 is 2.41 bits per heavy atom. The highest BCUT2D eigenvalue weighted by Gasteiger charge is 2.22. The van der Waals surface area contributed by atoms with Gasteiger partial charge >= 0.3 is 0 Å². The minimum absolute atomic E-state index is 0.127. The molecule has 94 valence electrons. The van der Waals surface area contributed by atoms with Gasteiger partial charge in [-0.2, -0.15) is 0 Å². The van der Waals surface area contributed by atoms with Crippen molar-refractivity contribution in [3.05, 3.63) is 29.8 Å². The first kappa shape index (κ1) is 12.4. The molecular weight excluding hydrogens is 208 g/mol. The molecule has 1 aliphatic heterocycles. The third-order valence-corrected chi connectivity index (χ3v) is 3.87. The van der Waals surface area contributed by atoms with E-state index in [0.29, 0.717) is 6.04 Å². The molecule has 0 spiro atoms. The van der Waals surface area contributed by atoms with E-state index in [4.69, 9.17) is 5.73 Å². The van der Waals surface area contributed by atoms with Crippen molar-refractivity contribution in [2.24, 2.45) is 11.7 Å². The molecule has 2 nitrogen and oxygen atoms in total. The fourth-order valence-corrected chi connectivity index (χ4v) is 2.62. The van der Waals surface area contributed by atoms with Crippen molar-refractivity contribution in [3.8, 4) is 0 Å². The predicted octanol–water partition coefficient (Wildman–Crippen LogP) is 3.33. The van der Waals surface area contributed by atoms with Gasteiger partial charge in [-0.15, -0.1) is 0 Å². The zero-order valence-electron chi connectivity index (χ0n) is 11.2. The highest BCUT2D eigenvalue weighted by molar-refractivity contribution is 5.49. The van der Waals surface area contributed by atoms with Crippen LogP contribution in [0.5, 0.6) is 0 Å². The second kappa shape index (κ2) is 5.09. The van der Waals surface area contributed by atoms with Crippen molar-refractivity contribution in [1.82, 2.24) is 0 Å². The number of anilines is 1. The van der Waals surface area contributed by atoms with Gasteiger partial charge in [0.25, 0.3) is 0 Å². The molecule has 0 aliphatic carbocycles. The Labute approximate surface area is 105 Å². The zero-order chi connectivity index (χ0) is 12.4. The van der Waals surface area contributed by atoms with E-state index in [1.807, 2.05) is 6.92 Å². The molecule has 3 atom stereocenters. The van der Waals surface area contributed by atoms with E-state index in [-0.39, 0.29) is 6.04 Å². The standard InChI is InChI=1S/C15H24N2/c1-11-4-5-12(2)17(10-11)15-8-6-14(7-9-15)13(3)16/h6-9,11-13H,4-5,10,16H2,1-3H3. The Kier molecular flexibility index (Phi) is 3.72. The summed E-state index contributed by atoms with van der Waals surface area (Å²) in [7, 11) is 0. The number of benzene rings is 1. The van der Waals surface area contributed by atoms with E-state index in [1.165, 1.54) is 30.6 Å². The van der Waals surface area contributed by atoms with E-state index in [9.17, 15) is 0 Å². The van der Waals surface area contributed by atoms with Gasteiger partial charge in [0.15, 0.2) is 0 Å². The first-order valence-electron chi connectivity index (χ1n) is 6.70. The van der Waals surface area contributed by atoms with E-state index >= 15 is 0 Å². The number of nitrogens with zero attached hydrogens (tertiary/aromatic N) is 1. The largest absolute Gasteiger partial charge is 0.369 e. The van der Waals surface area contributed by atoms with Crippen molar-refractivity contribution in [2.45, 2.75) is 45.7 Å². The summed E-state index contributed by atoms with van der Waals surface area (Å²) < 4.78 is 0. The molecule has 0 radical (unpaired) electrons. The summed E-state index contributed by atoms with van der Waals surface area (Å²) in [5.74, 6) is 0.805. The van der Waals surface area contributed by atoms with Gasteiger partial charge in [0.1, 0.15) is 0 Å². The SMILES string of the molecule is CC1CCC(C)N(c2ccc(C(C)N)cc2)C1. The van der Waals surface area contributed by atoms with Crippen LogP contribution in [0.1, 0.15) is 45.2 Å². The van der Waals surface area contributed by atoms with Gasteiger partial charge in [0.2, 0.25) is 0 Å². The fraction of sp³-hybridized carbons (Fsp3) is 0.600. The summed E-state index contributed by atoms with van der Waals surface area (Å²) >= 11 is 0. The molecule has 2 heteroatoms. The lowest BCUT2D eigenvalue weighted by atomic mass is 9.94. The molecule has 1 aliphatic rings. The first-order chi connectivity index (χ1) is 8.08. The molecule has 1 fully saturated rings. The van der Waals surface area contributed by atoms with Crippen molar-refractivity contribution in [2.75, 3.05) is 11.4 Å². The summed E-state index contributed by atoms with van der Waals surface area (Å²) in [6, 6.07) is 9.53. The normalized spacial score (nSPS) is 26.9. The smallest absolute Gasteiger partial charge is 0.0368 e. The van der Waals surface area contributed by atoms with E-state index in [2.05, 4.69) is 43.0 Å². The van der Waals surface area contributed by atoms with E-state index < -0.39 is 0 Å². The van der Waals surface area contributed by atoms with Crippen LogP contribution in [0.2, 0.25) is 0 Å². The predicted molar refractivity (Wildman–Crippen MR) is 74.3 cm³/mol. The average molecular weight is 232 g/mol. The van der Waals surface area contributed by atoms with Crippen LogP contribution in [0.4, 0.5) is 5.69 Å². The molecule has 1 aromatic carbocycles. The lowest BCUT2D eigenvalue weighted by Gasteiger charge is -2.38. The topological polar surface area (TPSA) is 29.3 Å². The Balaban J connectivity index is 2.15.